The number of nitrogens with zero attached hydrogens (tertiary/aromatic N) is 2. The molecule has 140 valence electrons. The second-order valence-corrected chi connectivity index (χ2v) is 6.82. The van der Waals surface area contributed by atoms with Crippen LogP contribution < -0.4 is 9.47 Å². The van der Waals surface area contributed by atoms with E-state index in [0.29, 0.717) is 40.8 Å². The van der Waals surface area contributed by atoms with E-state index in [1.54, 1.807) is 26.4 Å². The van der Waals surface area contributed by atoms with Crippen LogP contribution in [0.5, 0.6) is 11.5 Å². The van der Waals surface area contributed by atoms with Crippen molar-refractivity contribution in [1.29, 1.82) is 0 Å². The van der Waals surface area contributed by atoms with Crippen LogP contribution in [-0.4, -0.2) is 55.5 Å². The summed E-state index contributed by atoms with van der Waals surface area (Å²) in [5, 5.41) is 0. The van der Waals surface area contributed by atoms with Crippen molar-refractivity contribution >= 4 is 17.4 Å². The van der Waals surface area contributed by atoms with Gasteiger partial charge in [-0.1, -0.05) is 13.0 Å². The zero-order chi connectivity index (χ0) is 18.8. The lowest BCUT2D eigenvalue weighted by molar-refractivity contribution is -0.137. The van der Waals surface area contributed by atoms with Crippen molar-refractivity contribution in [2.75, 3.05) is 33.9 Å². The zero-order valence-corrected chi connectivity index (χ0v) is 15.9. The zero-order valence-electron chi connectivity index (χ0n) is 15.9. The third kappa shape index (κ3) is 3.04. The van der Waals surface area contributed by atoms with Crippen LogP contribution in [0.3, 0.4) is 0 Å². The van der Waals surface area contributed by atoms with Crippen molar-refractivity contribution in [3.05, 3.63) is 29.5 Å². The van der Waals surface area contributed by atoms with E-state index in [1.165, 1.54) is 4.90 Å². The molecule has 0 aliphatic carbocycles. The highest BCUT2D eigenvalue weighted by Gasteiger charge is 2.41. The molecule has 1 aromatic carbocycles. The van der Waals surface area contributed by atoms with Crippen LogP contribution in [0.15, 0.2) is 23.9 Å². The minimum Gasteiger partial charge on any atom is -0.493 e. The number of likely N-dealkylation sites (tertiary alicyclic amines) is 1. The van der Waals surface area contributed by atoms with E-state index in [2.05, 4.69) is 11.8 Å². The molecule has 0 spiro atoms. The molecule has 0 bridgehead atoms. The van der Waals surface area contributed by atoms with Crippen molar-refractivity contribution in [2.24, 2.45) is 5.92 Å². The van der Waals surface area contributed by atoms with Crippen LogP contribution in [0.2, 0.25) is 0 Å². The van der Waals surface area contributed by atoms with Gasteiger partial charge in [0.25, 0.3) is 11.8 Å². The molecule has 0 aromatic heterocycles. The first-order valence-corrected chi connectivity index (χ1v) is 9.09. The van der Waals surface area contributed by atoms with Crippen molar-refractivity contribution < 1.29 is 19.1 Å². The highest BCUT2D eigenvalue weighted by atomic mass is 16.5. The number of benzene rings is 1. The third-order valence-electron chi connectivity index (χ3n) is 5.23. The van der Waals surface area contributed by atoms with E-state index >= 15 is 0 Å². The Bertz CT molecular complexity index is 748. The fourth-order valence-corrected chi connectivity index (χ4v) is 3.63. The maximum Gasteiger partial charge on any atom is 0.277 e. The van der Waals surface area contributed by atoms with E-state index in [1.807, 2.05) is 13.0 Å². The van der Waals surface area contributed by atoms with Crippen LogP contribution in [0.1, 0.15) is 32.3 Å². The molecule has 2 aliphatic rings. The summed E-state index contributed by atoms with van der Waals surface area (Å²) < 4.78 is 10.7. The van der Waals surface area contributed by atoms with Crippen LogP contribution in [0.25, 0.3) is 5.57 Å². The summed E-state index contributed by atoms with van der Waals surface area (Å²) in [4.78, 5) is 29.3. The molecule has 1 saturated heterocycles. The third-order valence-corrected chi connectivity index (χ3v) is 5.23. The predicted molar refractivity (Wildman–Crippen MR) is 98.8 cm³/mol. The van der Waals surface area contributed by atoms with Crippen LogP contribution >= 0.6 is 0 Å². The summed E-state index contributed by atoms with van der Waals surface area (Å²) in [5.41, 5.74) is 1.67. The highest BCUT2D eigenvalue weighted by molar-refractivity contribution is 6.35. The molecule has 0 unspecified atom stereocenters. The van der Waals surface area contributed by atoms with Crippen LogP contribution in [-0.2, 0) is 9.59 Å². The minimum absolute atomic E-state index is 0.197. The summed E-state index contributed by atoms with van der Waals surface area (Å²) in [6.07, 6.45) is 2.05. The molecule has 3 rings (SSSR count). The summed E-state index contributed by atoms with van der Waals surface area (Å²) in [7, 11) is 3.13. The number of piperidine rings is 1. The van der Waals surface area contributed by atoms with Crippen molar-refractivity contribution in [2.45, 2.75) is 26.7 Å². The van der Waals surface area contributed by atoms with E-state index in [0.717, 1.165) is 25.9 Å². The number of carbonyl (C=O) groups excluding carboxylic acids is 2. The Labute approximate surface area is 154 Å². The predicted octanol–water partition coefficient (Wildman–Crippen LogP) is 2.54. The Hall–Kier alpha value is -2.50. The summed E-state index contributed by atoms with van der Waals surface area (Å²) in [6, 6.07) is 5.35. The molecule has 0 N–H and O–H groups in total. The summed E-state index contributed by atoms with van der Waals surface area (Å²) >= 11 is 0. The summed E-state index contributed by atoms with van der Waals surface area (Å²) in [5.74, 6) is 1.34. The molecule has 6 nitrogen and oxygen atoms in total. The average Bonchev–Trinajstić information content (AvgIpc) is 2.91. The fourth-order valence-electron chi connectivity index (χ4n) is 3.63. The van der Waals surface area contributed by atoms with Gasteiger partial charge in [-0.3, -0.25) is 14.5 Å². The van der Waals surface area contributed by atoms with E-state index in [4.69, 9.17) is 9.47 Å². The average molecular weight is 358 g/mol. The van der Waals surface area contributed by atoms with Gasteiger partial charge in [0.1, 0.15) is 5.70 Å². The van der Waals surface area contributed by atoms with E-state index in [9.17, 15) is 9.59 Å². The number of likely N-dealkylation sites (N-methyl/N-ethyl adjacent to an activating group) is 1. The van der Waals surface area contributed by atoms with E-state index in [-0.39, 0.29) is 11.8 Å². The fraction of sp³-hybridized carbons (Fsp3) is 0.500. The smallest absolute Gasteiger partial charge is 0.277 e. The van der Waals surface area contributed by atoms with Gasteiger partial charge < -0.3 is 14.4 Å². The first-order valence-electron chi connectivity index (χ1n) is 9.09. The van der Waals surface area contributed by atoms with Gasteiger partial charge in [0.15, 0.2) is 11.5 Å². The lowest BCUT2D eigenvalue weighted by atomic mass is 9.97. The van der Waals surface area contributed by atoms with Crippen molar-refractivity contribution in [3.63, 3.8) is 0 Å². The first-order chi connectivity index (χ1) is 12.5. The van der Waals surface area contributed by atoms with Crippen LogP contribution in [0.4, 0.5) is 0 Å². The molecular formula is C20H26N2O4. The minimum atomic E-state index is -0.238. The van der Waals surface area contributed by atoms with E-state index < -0.39 is 0 Å². The molecule has 0 saturated carbocycles. The van der Waals surface area contributed by atoms with Gasteiger partial charge in [0, 0.05) is 19.6 Å². The molecule has 1 aromatic rings. The topological polar surface area (TPSA) is 59.1 Å². The SMILES string of the molecule is CCN1C(=O)C(c2ccc(OC)c(OC)c2)=C(N2CCC(C)CC2)C1=O. The van der Waals surface area contributed by atoms with Gasteiger partial charge in [0.2, 0.25) is 0 Å². The molecule has 2 heterocycles. The summed E-state index contributed by atoms with van der Waals surface area (Å²) in [6.45, 7) is 6.00. The highest BCUT2D eigenvalue weighted by Crippen LogP contribution is 2.37. The maximum atomic E-state index is 13.0. The number of ether oxygens (including phenoxy) is 2. The quantitative estimate of drug-likeness (QED) is 0.757. The monoisotopic (exact) mass is 358 g/mol. The van der Waals surface area contributed by atoms with Gasteiger partial charge in [-0.2, -0.15) is 0 Å². The normalized spacial score (nSPS) is 18.8. The number of carbonyl (C=O) groups is 2. The molecule has 26 heavy (non-hydrogen) atoms. The van der Waals surface area contributed by atoms with Gasteiger partial charge >= 0.3 is 0 Å². The molecule has 0 radical (unpaired) electrons. The largest absolute Gasteiger partial charge is 0.493 e. The Balaban J connectivity index is 2.09. The van der Waals surface area contributed by atoms with Gasteiger partial charge in [-0.15, -0.1) is 0 Å². The Morgan fingerprint density at radius 1 is 1.04 bits per heavy atom. The van der Waals surface area contributed by atoms with Crippen LogP contribution in [0, 0.1) is 5.92 Å². The maximum absolute atomic E-state index is 13.0. The van der Waals surface area contributed by atoms with Crippen molar-refractivity contribution in [1.82, 2.24) is 9.80 Å². The van der Waals surface area contributed by atoms with Gasteiger partial charge in [-0.05, 0) is 43.4 Å². The van der Waals surface area contributed by atoms with Gasteiger partial charge in [-0.25, -0.2) is 0 Å². The number of methoxy groups -OCH3 is 2. The molecule has 0 atom stereocenters. The molecule has 2 aliphatic heterocycles. The second-order valence-electron chi connectivity index (χ2n) is 6.82. The molecule has 1 fully saturated rings. The number of hydrogen-bond acceptors (Lipinski definition) is 5. The number of amides is 2. The molecule has 2 amide bonds. The molecular weight excluding hydrogens is 332 g/mol. The Morgan fingerprint density at radius 2 is 1.69 bits per heavy atom. The van der Waals surface area contributed by atoms with Gasteiger partial charge in [0.05, 0.1) is 19.8 Å². The van der Waals surface area contributed by atoms with Crippen molar-refractivity contribution in [3.8, 4) is 11.5 Å². The lowest BCUT2D eigenvalue weighted by Gasteiger charge is -2.32. The number of hydrogen-bond donors (Lipinski definition) is 0. The number of imide groups is 1. The standard InChI is InChI=1S/C20H26N2O4/c1-5-22-19(23)17(14-6-7-15(25-3)16(12-14)26-4)18(20(22)24)21-10-8-13(2)9-11-21/h6-7,12-13H,5,8-11H2,1-4H3. The number of rotatable bonds is 5. The first kappa shape index (κ1) is 18.3. The molecule has 6 heteroatoms. The Morgan fingerprint density at radius 3 is 2.27 bits per heavy atom. The second kappa shape index (κ2) is 7.40. The Kier molecular flexibility index (Phi) is 5.20. The lowest BCUT2D eigenvalue weighted by Crippen LogP contribution is -2.38.